The van der Waals surface area contributed by atoms with Gasteiger partial charge in [-0.15, -0.1) is 0 Å². The van der Waals surface area contributed by atoms with Crippen molar-refractivity contribution in [1.82, 2.24) is 0 Å². The zero-order valence-electron chi connectivity index (χ0n) is 9.11. The van der Waals surface area contributed by atoms with Crippen molar-refractivity contribution >= 4 is 23.3 Å². The molecule has 0 aliphatic carbocycles. The zero-order valence-corrected chi connectivity index (χ0v) is 9.86. The van der Waals surface area contributed by atoms with Gasteiger partial charge in [-0.1, -0.05) is 11.6 Å². The number of nitriles is 1. The molecule has 0 aromatic heterocycles. The highest BCUT2D eigenvalue weighted by Gasteiger charge is 2.17. The number of carboxylic acids is 1. The standard InChI is InChI=1S/C11H11ClN2O3/c1-17-6-10(11(15)16)14-9-3-2-7(5-13)4-8(9)12/h2-4,10,14H,6H2,1H3,(H,15,16). The van der Waals surface area contributed by atoms with Gasteiger partial charge in [0.2, 0.25) is 0 Å². The molecule has 0 saturated heterocycles. The van der Waals surface area contributed by atoms with Gasteiger partial charge >= 0.3 is 5.97 Å². The maximum atomic E-state index is 10.9. The Morgan fingerprint density at radius 3 is 2.88 bits per heavy atom. The van der Waals surface area contributed by atoms with Gasteiger partial charge in [0.05, 0.1) is 28.9 Å². The van der Waals surface area contributed by atoms with E-state index >= 15 is 0 Å². The van der Waals surface area contributed by atoms with Crippen molar-refractivity contribution in [2.75, 3.05) is 19.0 Å². The van der Waals surface area contributed by atoms with Crippen molar-refractivity contribution in [2.45, 2.75) is 6.04 Å². The van der Waals surface area contributed by atoms with Crippen molar-refractivity contribution in [3.8, 4) is 6.07 Å². The third-order valence-corrected chi connectivity index (χ3v) is 2.37. The first-order valence-corrected chi connectivity index (χ1v) is 5.14. The summed E-state index contributed by atoms with van der Waals surface area (Å²) in [5.41, 5.74) is 0.870. The minimum atomic E-state index is -1.03. The van der Waals surface area contributed by atoms with Gasteiger partial charge in [0.1, 0.15) is 6.04 Å². The number of benzene rings is 1. The van der Waals surface area contributed by atoms with Gasteiger partial charge in [0.15, 0.2) is 0 Å². The van der Waals surface area contributed by atoms with Crippen LogP contribution in [0.5, 0.6) is 0 Å². The number of hydrogen-bond acceptors (Lipinski definition) is 4. The molecule has 0 fully saturated rings. The summed E-state index contributed by atoms with van der Waals surface area (Å²) < 4.78 is 4.78. The second kappa shape index (κ2) is 6.09. The first-order valence-electron chi connectivity index (χ1n) is 4.76. The number of carbonyl (C=O) groups is 1. The number of nitrogens with zero attached hydrogens (tertiary/aromatic N) is 1. The summed E-state index contributed by atoms with van der Waals surface area (Å²) in [6.07, 6.45) is 0. The number of halogens is 1. The lowest BCUT2D eigenvalue weighted by Crippen LogP contribution is -2.33. The first kappa shape index (κ1) is 13.3. The van der Waals surface area contributed by atoms with Gasteiger partial charge in [0.25, 0.3) is 0 Å². The first-order chi connectivity index (χ1) is 8.08. The predicted molar refractivity (Wildman–Crippen MR) is 63.1 cm³/mol. The van der Waals surface area contributed by atoms with E-state index in [1.54, 1.807) is 12.1 Å². The van der Waals surface area contributed by atoms with Crippen molar-refractivity contribution in [2.24, 2.45) is 0 Å². The summed E-state index contributed by atoms with van der Waals surface area (Å²) in [5, 5.41) is 20.6. The van der Waals surface area contributed by atoms with Crippen molar-refractivity contribution in [3.05, 3.63) is 28.8 Å². The second-order valence-corrected chi connectivity index (χ2v) is 3.70. The third-order valence-electron chi connectivity index (χ3n) is 2.06. The van der Waals surface area contributed by atoms with Crippen LogP contribution >= 0.6 is 11.6 Å². The van der Waals surface area contributed by atoms with Crippen molar-refractivity contribution in [1.29, 1.82) is 5.26 Å². The van der Waals surface area contributed by atoms with E-state index in [1.165, 1.54) is 13.2 Å². The van der Waals surface area contributed by atoms with E-state index in [0.29, 0.717) is 16.3 Å². The Morgan fingerprint density at radius 2 is 2.41 bits per heavy atom. The van der Waals surface area contributed by atoms with Crippen LogP contribution < -0.4 is 5.32 Å². The number of methoxy groups -OCH3 is 1. The quantitative estimate of drug-likeness (QED) is 0.836. The molecule has 1 rings (SSSR count). The van der Waals surface area contributed by atoms with E-state index in [0.717, 1.165) is 0 Å². The van der Waals surface area contributed by atoms with Crippen LogP contribution in [0.1, 0.15) is 5.56 Å². The molecule has 17 heavy (non-hydrogen) atoms. The maximum absolute atomic E-state index is 10.9. The molecule has 90 valence electrons. The lowest BCUT2D eigenvalue weighted by atomic mass is 10.2. The molecule has 1 aromatic rings. The largest absolute Gasteiger partial charge is 0.480 e. The Bertz CT molecular complexity index is 457. The number of aliphatic carboxylic acids is 1. The van der Waals surface area contributed by atoms with E-state index in [4.69, 9.17) is 26.7 Å². The molecule has 1 atom stereocenters. The Kier molecular flexibility index (Phi) is 4.76. The monoisotopic (exact) mass is 254 g/mol. The molecule has 0 radical (unpaired) electrons. The summed E-state index contributed by atoms with van der Waals surface area (Å²) in [6, 6.07) is 5.64. The summed E-state index contributed by atoms with van der Waals surface area (Å²) in [5.74, 6) is -1.03. The highest BCUT2D eigenvalue weighted by Crippen LogP contribution is 2.23. The zero-order chi connectivity index (χ0) is 12.8. The second-order valence-electron chi connectivity index (χ2n) is 3.30. The van der Waals surface area contributed by atoms with Gasteiger partial charge in [-0.3, -0.25) is 0 Å². The minimum absolute atomic E-state index is 0.0195. The van der Waals surface area contributed by atoms with Crippen LogP contribution in [0.3, 0.4) is 0 Å². The van der Waals surface area contributed by atoms with Crippen molar-refractivity contribution in [3.63, 3.8) is 0 Å². The fourth-order valence-corrected chi connectivity index (χ4v) is 1.47. The average molecular weight is 255 g/mol. The summed E-state index contributed by atoms with van der Waals surface area (Å²) in [6.45, 7) is 0.0195. The summed E-state index contributed by atoms with van der Waals surface area (Å²) >= 11 is 5.91. The van der Waals surface area contributed by atoms with Crippen LogP contribution in [0, 0.1) is 11.3 Å². The summed E-state index contributed by atoms with van der Waals surface area (Å²) in [4.78, 5) is 10.9. The van der Waals surface area contributed by atoms with E-state index in [9.17, 15) is 4.79 Å². The van der Waals surface area contributed by atoms with E-state index < -0.39 is 12.0 Å². The van der Waals surface area contributed by atoms with E-state index in [-0.39, 0.29) is 6.61 Å². The molecule has 0 aliphatic heterocycles. The lowest BCUT2D eigenvalue weighted by Gasteiger charge is -2.15. The molecule has 5 nitrogen and oxygen atoms in total. The molecule has 0 heterocycles. The Balaban J connectivity index is 2.87. The molecular weight excluding hydrogens is 244 g/mol. The van der Waals surface area contributed by atoms with Gasteiger partial charge in [-0.25, -0.2) is 4.79 Å². The lowest BCUT2D eigenvalue weighted by molar-refractivity contribution is -0.139. The molecule has 0 amide bonds. The Morgan fingerprint density at radius 1 is 1.71 bits per heavy atom. The molecule has 2 N–H and O–H groups in total. The van der Waals surface area contributed by atoms with Gasteiger partial charge < -0.3 is 15.2 Å². The van der Waals surface area contributed by atoms with Crippen LogP contribution in [0.4, 0.5) is 5.69 Å². The minimum Gasteiger partial charge on any atom is -0.480 e. The van der Waals surface area contributed by atoms with Gasteiger partial charge in [-0.2, -0.15) is 5.26 Å². The predicted octanol–water partition coefficient (Wildman–Crippen LogP) is 1.72. The van der Waals surface area contributed by atoms with E-state index in [2.05, 4.69) is 5.32 Å². The SMILES string of the molecule is COCC(Nc1ccc(C#N)cc1Cl)C(=O)O. The van der Waals surface area contributed by atoms with Gasteiger partial charge in [-0.05, 0) is 18.2 Å². The highest BCUT2D eigenvalue weighted by atomic mass is 35.5. The fourth-order valence-electron chi connectivity index (χ4n) is 1.23. The number of carboxylic acid groups (broad SMARTS) is 1. The average Bonchev–Trinajstić information content (AvgIpc) is 2.30. The Hall–Kier alpha value is -1.77. The molecule has 0 spiro atoms. The molecule has 0 saturated carbocycles. The van der Waals surface area contributed by atoms with Crippen LogP contribution in [0.15, 0.2) is 18.2 Å². The number of anilines is 1. The van der Waals surface area contributed by atoms with Gasteiger partial charge in [0, 0.05) is 7.11 Å². The number of rotatable bonds is 5. The van der Waals surface area contributed by atoms with Crippen LogP contribution in [-0.2, 0) is 9.53 Å². The van der Waals surface area contributed by atoms with Crippen LogP contribution in [-0.4, -0.2) is 30.8 Å². The molecular formula is C11H11ClN2O3. The van der Waals surface area contributed by atoms with E-state index in [1.807, 2.05) is 6.07 Å². The summed E-state index contributed by atoms with van der Waals surface area (Å²) in [7, 11) is 1.41. The number of ether oxygens (including phenoxy) is 1. The normalized spacial score (nSPS) is 11.6. The maximum Gasteiger partial charge on any atom is 0.328 e. The molecule has 6 heteroatoms. The number of hydrogen-bond donors (Lipinski definition) is 2. The Labute approximate surface area is 104 Å². The smallest absolute Gasteiger partial charge is 0.328 e. The fraction of sp³-hybridized carbons (Fsp3) is 0.273. The molecule has 1 aromatic carbocycles. The highest BCUT2D eigenvalue weighted by molar-refractivity contribution is 6.33. The third kappa shape index (κ3) is 3.63. The topological polar surface area (TPSA) is 82.3 Å². The van der Waals surface area contributed by atoms with Crippen LogP contribution in [0.2, 0.25) is 5.02 Å². The molecule has 1 unspecified atom stereocenters. The van der Waals surface area contributed by atoms with Crippen LogP contribution in [0.25, 0.3) is 0 Å². The number of nitrogens with one attached hydrogen (secondary N) is 1. The molecule has 0 aliphatic rings. The molecule has 0 bridgehead atoms. The van der Waals surface area contributed by atoms with Crippen molar-refractivity contribution < 1.29 is 14.6 Å².